The standard InChI is InChI=1S/C20H28ClNO6S/c1-5-26-19(23)17(20(24)27-6-2)15(13-29-7-3)22-14-9-8-10-16(18(14)21)28-12-11-25-4/h8-10,17H,5-7,11-13H2,1-4H3/b22-15+. The summed E-state index contributed by atoms with van der Waals surface area (Å²) in [5.41, 5.74) is 0.719. The van der Waals surface area contributed by atoms with Crippen molar-refractivity contribution >= 4 is 46.7 Å². The zero-order valence-corrected chi connectivity index (χ0v) is 18.8. The van der Waals surface area contributed by atoms with Crippen LogP contribution in [0.3, 0.4) is 0 Å². The minimum Gasteiger partial charge on any atom is -0.490 e. The third-order valence-corrected chi connectivity index (χ3v) is 4.87. The third kappa shape index (κ3) is 8.24. The molecule has 9 heteroatoms. The van der Waals surface area contributed by atoms with Gasteiger partial charge in [0.15, 0.2) is 5.92 Å². The van der Waals surface area contributed by atoms with Crippen molar-refractivity contribution in [3.05, 3.63) is 23.2 Å². The van der Waals surface area contributed by atoms with Crippen molar-refractivity contribution in [2.75, 3.05) is 45.0 Å². The van der Waals surface area contributed by atoms with Crippen LogP contribution >= 0.6 is 23.4 Å². The third-order valence-electron chi connectivity index (χ3n) is 3.58. The van der Waals surface area contributed by atoms with Crippen molar-refractivity contribution in [2.24, 2.45) is 10.9 Å². The van der Waals surface area contributed by atoms with Gasteiger partial charge in [-0.2, -0.15) is 11.8 Å². The number of carbonyl (C=O) groups is 2. The fourth-order valence-corrected chi connectivity index (χ4v) is 3.16. The van der Waals surface area contributed by atoms with Gasteiger partial charge in [0.1, 0.15) is 17.4 Å². The minimum absolute atomic E-state index is 0.145. The molecule has 162 valence electrons. The SMILES string of the molecule is CCOC(=O)C(C(=O)OCC)/C(CSCC)=N/c1cccc(OCCOC)c1Cl. The molecule has 0 fully saturated rings. The molecule has 0 aromatic heterocycles. The van der Waals surface area contributed by atoms with Gasteiger partial charge in [-0.15, -0.1) is 0 Å². The average molecular weight is 446 g/mol. The summed E-state index contributed by atoms with van der Waals surface area (Å²) in [6, 6.07) is 5.14. The molecule has 0 N–H and O–H groups in total. The van der Waals surface area contributed by atoms with Gasteiger partial charge in [0.05, 0.1) is 31.2 Å². The number of hydrogen-bond acceptors (Lipinski definition) is 8. The first-order chi connectivity index (χ1) is 14.0. The van der Waals surface area contributed by atoms with Crippen molar-refractivity contribution in [1.82, 2.24) is 0 Å². The predicted octanol–water partition coefficient (Wildman–Crippen LogP) is 3.93. The molecular formula is C20H28ClNO6S. The Morgan fingerprint density at radius 1 is 1.10 bits per heavy atom. The maximum Gasteiger partial charge on any atom is 0.326 e. The predicted molar refractivity (Wildman–Crippen MR) is 116 cm³/mol. The van der Waals surface area contributed by atoms with E-state index in [-0.39, 0.29) is 18.2 Å². The molecule has 0 atom stereocenters. The molecule has 0 aliphatic carbocycles. The summed E-state index contributed by atoms with van der Waals surface area (Å²) in [5, 5.41) is 0.286. The highest BCUT2D eigenvalue weighted by Gasteiger charge is 2.35. The minimum atomic E-state index is -1.25. The summed E-state index contributed by atoms with van der Waals surface area (Å²) in [6.07, 6.45) is 0. The molecule has 0 saturated heterocycles. The van der Waals surface area contributed by atoms with Gasteiger partial charge in [-0.25, -0.2) is 0 Å². The Morgan fingerprint density at radius 2 is 1.76 bits per heavy atom. The number of halogens is 1. The second-order valence-electron chi connectivity index (χ2n) is 5.61. The molecule has 0 aliphatic rings. The topological polar surface area (TPSA) is 83.4 Å². The van der Waals surface area contributed by atoms with E-state index in [4.69, 9.17) is 30.5 Å². The first-order valence-corrected chi connectivity index (χ1v) is 10.9. The Balaban J connectivity index is 3.32. The van der Waals surface area contributed by atoms with Crippen LogP contribution in [0.15, 0.2) is 23.2 Å². The van der Waals surface area contributed by atoms with E-state index in [2.05, 4.69) is 4.99 Å². The summed E-state index contributed by atoms with van der Waals surface area (Å²) in [6.45, 7) is 6.36. The van der Waals surface area contributed by atoms with Crippen LogP contribution < -0.4 is 4.74 Å². The summed E-state index contributed by atoms with van der Waals surface area (Å²) >= 11 is 7.96. The van der Waals surface area contributed by atoms with E-state index in [0.717, 1.165) is 5.75 Å². The quantitative estimate of drug-likeness (QED) is 0.197. The van der Waals surface area contributed by atoms with Crippen molar-refractivity contribution < 1.29 is 28.5 Å². The van der Waals surface area contributed by atoms with Crippen molar-refractivity contribution in [2.45, 2.75) is 20.8 Å². The highest BCUT2D eigenvalue weighted by Crippen LogP contribution is 2.35. The molecule has 0 spiro atoms. The van der Waals surface area contributed by atoms with Crippen LogP contribution in [0.4, 0.5) is 5.69 Å². The Morgan fingerprint density at radius 3 is 2.31 bits per heavy atom. The van der Waals surface area contributed by atoms with E-state index in [9.17, 15) is 9.59 Å². The van der Waals surface area contributed by atoms with E-state index < -0.39 is 17.9 Å². The van der Waals surface area contributed by atoms with Crippen molar-refractivity contribution in [1.29, 1.82) is 0 Å². The van der Waals surface area contributed by atoms with Gasteiger partial charge in [-0.3, -0.25) is 14.6 Å². The van der Waals surface area contributed by atoms with Crippen molar-refractivity contribution in [3.63, 3.8) is 0 Å². The van der Waals surface area contributed by atoms with Gasteiger partial charge >= 0.3 is 11.9 Å². The number of rotatable bonds is 13. The van der Waals surface area contributed by atoms with Gasteiger partial charge in [0.2, 0.25) is 0 Å². The number of hydrogen-bond donors (Lipinski definition) is 0. The second kappa shape index (κ2) is 14.3. The maximum atomic E-state index is 12.5. The van der Waals surface area contributed by atoms with Crippen LogP contribution in [0.5, 0.6) is 5.75 Å². The summed E-state index contributed by atoms with van der Waals surface area (Å²) < 4.78 is 20.7. The van der Waals surface area contributed by atoms with Crippen LogP contribution in [-0.4, -0.2) is 62.7 Å². The highest BCUT2D eigenvalue weighted by molar-refractivity contribution is 7.99. The van der Waals surface area contributed by atoms with Gasteiger partial charge in [0, 0.05) is 12.9 Å². The van der Waals surface area contributed by atoms with Crippen LogP contribution in [0.2, 0.25) is 5.02 Å². The number of thioether (sulfide) groups is 1. The lowest BCUT2D eigenvalue weighted by molar-refractivity contribution is -0.157. The molecule has 0 heterocycles. The molecule has 1 aromatic rings. The first-order valence-electron chi connectivity index (χ1n) is 9.38. The van der Waals surface area contributed by atoms with E-state index in [1.165, 1.54) is 11.8 Å². The Labute approximate surface area is 181 Å². The number of benzene rings is 1. The van der Waals surface area contributed by atoms with E-state index in [1.807, 2.05) is 6.92 Å². The normalized spacial score (nSPS) is 11.4. The van der Waals surface area contributed by atoms with E-state index in [0.29, 0.717) is 36.1 Å². The molecule has 1 rings (SSSR count). The molecule has 0 radical (unpaired) electrons. The largest absolute Gasteiger partial charge is 0.490 e. The molecule has 7 nitrogen and oxygen atoms in total. The van der Waals surface area contributed by atoms with Crippen LogP contribution in [0, 0.1) is 5.92 Å². The first kappa shape index (κ1) is 25.3. The van der Waals surface area contributed by atoms with Gasteiger partial charge in [-0.1, -0.05) is 24.6 Å². The number of esters is 2. The number of nitrogens with zero attached hydrogens (tertiary/aromatic N) is 1. The number of ether oxygens (including phenoxy) is 4. The van der Waals surface area contributed by atoms with Crippen LogP contribution in [0.1, 0.15) is 20.8 Å². The van der Waals surface area contributed by atoms with Gasteiger partial charge in [0.25, 0.3) is 0 Å². The number of methoxy groups -OCH3 is 1. The van der Waals surface area contributed by atoms with Gasteiger partial charge in [-0.05, 0) is 31.7 Å². The average Bonchev–Trinajstić information content (AvgIpc) is 2.69. The molecule has 29 heavy (non-hydrogen) atoms. The molecular weight excluding hydrogens is 418 g/mol. The number of aliphatic imine (C=N–C) groups is 1. The lowest BCUT2D eigenvalue weighted by atomic mass is 10.0. The lowest BCUT2D eigenvalue weighted by Crippen LogP contribution is -2.36. The molecule has 0 bridgehead atoms. The monoisotopic (exact) mass is 445 g/mol. The molecule has 0 saturated carbocycles. The van der Waals surface area contributed by atoms with Crippen LogP contribution in [-0.2, 0) is 23.8 Å². The molecule has 0 amide bonds. The van der Waals surface area contributed by atoms with Gasteiger partial charge < -0.3 is 18.9 Å². The zero-order valence-electron chi connectivity index (χ0n) is 17.2. The Hall–Kier alpha value is -1.77. The maximum absolute atomic E-state index is 12.5. The highest BCUT2D eigenvalue weighted by atomic mass is 35.5. The fraction of sp³-hybridized carbons (Fsp3) is 0.550. The zero-order chi connectivity index (χ0) is 21.6. The summed E-state index contributed by atoms with van der Waals surface area (Å²) in [7, 11) is 1.58. The second-order valence-corrected chi connectivity index (χ2v) is 7.26. The summed E-state index contributed by atoms with van der Waals surface area (Å²) in [4.78, 5) is 29.5. The Bertz CT molecular complexity index is 680. The fourth-order valence-electron chi connectivity index (χ4n) is 2.29. The van der Waals surface area contributed by atoms with Crippen molar-refractivity contribution in [3.8, 4) is 5.75 Å². The molecule has 0 unspecified atom stereocenters. The van der Waals surface area contributed by atoms with E-state index in [1.54, 1.807) is 39.2 Å². The van der Waals surface area contributed by atoms with Crippen LogP contribution in [0.25, 0.3) is 0 Å². The number of carbonyl (C=O) groups excluding carboxylic acids is 2. The molecule has 0 aliphatic heterocycles. The smallest absolute Gasteiger partial charge is 0.326 e. The lowest BCUT2D eigenvalue weighted by Gasteiger charge is -2.17. The summed E-state index contributed by atoms with van der Waals surface area (Å²) in [5.74, 6) is -1.05. The van der Waals surface area contributed by atoms with E-state index >= 15 is 0 Å². The Kier molecular flexibility index (Phi) is 12.4. The molecule has 1 aromatic carbocycles.